The first-order valence-electron chi connectivity index (χ1n) is 6.71. The maximum absolute atomic E-state index is 4.04. The van der Waals surface area contributed by atoms with Gasteiger partial charge in [-0.2, -0.15) is 0 Å². The average Bonchev–Trinajstić information content (AvgIpc) is 2.56. The monoisotopic (exact) mass is 499 g/mol. The standard InChI is InChI=1S/C9H7.C4H10N.2CH3.2ClH.Hf.H2Si/c1-2-5-9-7-3-6-8(9)4-1;1-4(2,3)5;;;;;;/h1-7H;5H,1-3H3;2*1H3;2*1H;;1H2/q;-1;;;;;+1;. The van der Waals surface area contributed by atoms with E-state index in [1.54, 1.807) is 0 Å². The topological polar surface area (TPSA) is 12.0 Å². The van der Waals surface area contributed by atoms with Gasteiger partial charge in [-0.3, -0.25) is 0 Å². The van der Waals surface area contributed by atoms with E-state index in [4.69, 9.17) is 0 Å². The molecule has 114 valence electrons. The van der Waals surface area contributed by atoms with Crippen molar-refractivity contribution in [1.29, 1.82) is 0 Å². The maximum atomic E-state index is 4.04. The van der Waals surface area contributed by atoms with Gasteiger partial charge in [0.1, 0.15) is 0 Å². The van der Waals surface area contributed by atoms with Gasteiger partial charge in [0.15, 0.2) is 0 Å². The van der Waals surface area contributed by atoms with Crippen molar-refractivity contribution < 1.29 is 17.4 Å². The number of rotatable bonds is 2. The smallest absolute Gasteiger partial charge is 0.147 e. The molecule has 0 spiro atoms. The summed E-state index contributed by atoms with van der Waals surface area (Å²) in [7, 11) is 0. The Hall–Kier alpha value is 0.587. The molecule has 0 radical (unpaired) electrons. The van der Waals surface area contributed by atoms with Crippen molar-refractivity contribution >= 4 is 37.8 Å². The molecular formula is C15H27Cl2HfNSi. The molecule has 2 rings (SSSR count). The molecule has 1 unspecified atom stereocenters. The molecule has 0 saturated heterocycles. The third kappa shape index (κ3) is 4.54. The molecule has 1 aromatic carbocycles. The van der Waals surface area contributed by atoms with Gasteiger partial charge < -0.3 is 0 Å². The Labute approximate surface area is 138 Å². The van der Waals surface area contributed by atoms with Gasteiger partial charge in [0, 0.05) is 0 Å². The molecule has 1 aromatic rings. The predicted molar refractivity (Wildman–Crippen MR) is 95.9 cm³/mol. The van der Waals surface area contributed by atoms with E-state index in [-0.39, 0.29) is 30.4 Å². The van der Waals surface area contributed by atoms with Gasteiger partial charge in [0.05, 0.1) is 0 Å². The van der Waals surface area contributed by atoms with Crippen LogP contribution in [0, 0.1) is 0 Å². The van der Waals surface area contributed by atoms with E-state index in [0.717, 1.165) is 0 Å². The quantitative estimate of drug-likeness (QED) is 0.602. The van der Waals surface area contributed by atoms with E-state index in [1.807, 2.05) is 0 Å². The Bertz CT molecular complexity index is 569. The molecule has 0 heterocycles. The Kier molecular flexibility index (Phi) is 6.56. The Morgan fingerprint density at radius 2 is 1.65 bits per heavy atom. The molecule has 0 aliphatic heterocycles. The molecule has 20 heavy (non-hydrogen) atoms. The summed E-state index contributed by atoms with van der Waals surface area (Å²) < 4.78 is 9.75. The minimum atomic E-state index is -3.04. The van der Waals surface area contributed by atoms with Crippen molar-refractivity contribution in [2.24, 2.45) is 0 Å². The van der Waals surface area contributed by atoms with Crippen molar-refractivity contribution in [1.82, 2.24) is 3.30 Å². The van der Waals surface area contributed by atoms with E-state index < -0.39 is 17.4 Å². The third-order valence-electron chi connectivity index (χ3n) is 3.58. The molecule has 0 amide bonds. The summed E-state index contributed by atoms with van der Waals surface area (Å²) in [5, 5.41) is 0. The maximum Gasteiger partial charge on any atom is -0.147 e. The molecule has 0 aromatic heterocycles. The van der Waals surface area contributed by atoms with Gasteiger partial charge in [0.25, 0.3) is 0 Å². The summed E-state index contributed by atoms with van der Waals surface area (Å²) in [5.41, 5.74) is 3.15. The predicted octanol–water partition coefficient (Wildman–Crippen LogP) is 4.24. The van der Waals surface area contributed by atoms with Gasteiger partial charge in [-0.05, 0) is 0 Å². The zero-order chi connectivity index (χ0) is 13.6. The van der Waals surface area contributed by atoms with E-state index in [2.05, 4.69) is 76.8 Å². The number of hydrogen-bond donors (Lipinski definition) is 1. The van der Waals surface area contributed by atoms with Crippen LogP contribution in [0.5, 0.6) is 0 Å². The Balaban J connectivity index is 0.00000180. The first-order chi connectivity index (χ1) is 8.07. The Morgan fingerprint density at radius 3 is 2.20 bits per heavy atom. The number of nitrogens with one attached hydrogen (secondary N) is 1. The number of benzene rings is 1. The zero-order valence-electron chi connectivity index (χ0n) is 13.1. The zero-order valence-corrected chi connectivity index (χ0v) is 19.7. The number of halogens is 2. The number of allylic oxidation sites excluding steroid dienone is 1. The fourth-order valence-electron chi connectivity index (χ4n) is 3.37. The molecule has 1 nitrogen and oxygen atoms in total. The van der Waals surface area contributed by atoms with Crippen molar-refractivity contribution in [3.63, 3.8) is 0 Å². The van der Waals surface area contributed by atoms with Crippen LogP contribution in [-0.4, -0.2) is 12.5 Å². The van der Waals surface area contributed by atoms with Gasteiger partial charge in [-0.15, -0.1) is 24.8 Å². The van der Waals surface area contributed by atoms with Crippen LogP contribution in [0.25, 0.3) is 6.08 Å². The number of hydrogen-bond acceptors (Lipinski definition) is 1. The van der Waals surface area contributed by atoms with Gasteiger partial charge >= 0.3 is 115 Å². The summed E-state index contributed by atoms with van der Waals surface area (Å²) in [6.45, 7) is 9.14. The van der Waals surface area contributed by atoms with E-state index in [1.165, 1.54) is 11.1 Å². The summed E-state index contributed by atoms with van der Waals surface area (Å²) in [6.07, 6.45) is 4.74. The van der Waals surface area contributed by atoms with Crippen LogP contribution < -0.4 is 3.30 Å². The van der Waals surface area contributed by atoms with Crippen LogP contribution in [-0.2, 0) is 17.4 Å². The van der Waals surface area contributed by atoms with Crippen LogP contribution in [0.2, 0.25) is 9.36 Å². The van der Waals surface area contributed by atoms with Crippen LogP contribution in [0.15, 0.2) is 30.3 Å². The first-order valence-corrected chi connectivity index (χ1v) is 26.1. The van der Waals surface area contributed by atoms with Crippen LogP contribution >= 0.6 is 24.8 Å². The second-order valence-electron chi connectivity index (χ2n) is 7.65. The largest absolute Gasteiger partial charge is 0.147 e. The van der Waals surface area contributed by atoms with E-state index >= 15 is 0 Å². The molecule has 1 atom stereocenters. The summed E-state index contributed by atoms with van der Waals surface area (Å²) in [5.74, 6) is 0. The summed E-state index contributed by atoms with van der Waals surface area (Å²) in [6, 6.07) is 8.85. The number of fused-ring (bicyclic) bond motifs is 1. The molecule has 5 heteroatoms. The van der Waals surface area contributed by atoms with E-state index in [9.17, 15) is 0 Å². The van der Waals surface area contributed by atoms with Gasteiger partial charge in [-0.25, -0.2) is 0 Å². The molecule has 1 aliphatic carbocycles. The molecule has 0 bridgehead atoms. The Morgan fingerprint density at radius 1 is 1.10 bits per heavy atom. The fourth-order valence-corrected chi connectivity index (χ4v) is 27.1. The fraction of sp³-hybridized carbons (Fsp3) is 0.467. The van der Waals surface area contributed by atoms with Crippen LogP contribution in [0.3, 0.4) is 0 Å². The summed E-state index contributed by atoms with van der Waals surface area (Å²) >= 11 is -3.04. The molecular weight excluding hydrogens is 472 g/mol. The minimum Gasteiger partial charge on any atom is -0.147 e. The van der Waals surface area contributed by atoms with Gasteiger partial charge in [0.2, 0.25) is 0 Å². The molecule has 1 aliphatic rings. The first kappa shape index (κ1) is 20.6. The third-order valence-corrected chi connectivity index (χ3v) is 23.2. The van der Waals surface area contributed by atoms with Crippen molar-refractivity contribution in [2.75, 3.05) is 0 Å². The normalized spacial score (nSPS) is 18.0. The molecule has 0 saturated carbocycles. The van der Waals surface area contributed by atoms with Crippen molar-refractivity contribution in [2.45, 2.75) is 39.3 Å². The SMILES string of the molecule is CC(C)(C)[NH][Hf]([CH3])([CH3])(=[SiH2])[CH]1C=Cc2ccccc21.Cl.Cl. The van der Waals surface area contributed by atoms with Gasteiger partial charge in [-0.1, -0.05) is 0 Å². The molecule has 1 N–H and O–H groups in total. The average molecular weight is 499 g/mol. The van der Waals surface area contributed by atoms with Crippen molar-refractivity contribution in [3.8, 4) is 0 Å². The van der Waals surface area contributed by atoms with Crippen LogP contribution in [0.1, 0.15) is 35.6 Å². The minimum absolute atomic E-state index is 0. The summed E-state index contributed by atoms with van der Waals surface area (Å²) in [4.78, 5) is 0. The second-order valence-corrected chi connectivity index (χ2v) is 48.8. The van der Waals surface area contributed by atoms with Crippen molar-refractivity contribution in [3.05, 3.63) is 41.5 Å². The van der Waals surface area contributed by atoms with Crippen LogP contribution in [0.4, 0.5) is 0 Å². The second kappa shape index (κ2) is 6.37. The van der Waals surface area contributed by atoms with E-state index in [0.29, 0.717) is 3.67 Å². The molecule has 0 fully saturated rings.